The molecule has 1 aromatic rings. The zero-order chi connectivity index (χ0) is 7.56. The fraction of sp³-hybridized carbons (Fsp3) is 0.222. The first-order valence-electron chi connectivity index (χ1n) is 3.37. The van der Waals surface area contributed by atoms with Crippen LogP contribution in [-0.2, 0) is 0 Å². The minimum atomic E-state index is 0.887. The maximum absolute atomic E-state index is 5.63. The predicted octanol–water partition coefficient (Wildman–Crippen LogP) is 1.85. The van der Waals surface area contributed by atoms with E-state index in [0.717, 1.165) is 11.6 Å². The highest BCUT2D eigenvalue weighted by atomic mass is 14.6. The Morgan fingerprint density at radius 1 is 1.30 bits per heavy atom. The van der Waals surface area contributed by atoms with Crippen LogP contribution in [0.15, 0.2) is 24.3 Å². The molecule has 0 atom stereocenters. The van der Waals surface area contributed by atoms with Crippen LogP contribution in [0.4, 0.5) is 0 Å². The van der Waals surface area contributed by atoms with Gasteiger partial charge in [-0.2, -0.15) is 0 Å². The molecule has 2 N–H and O–H groups in total. The first kappa shape index (κ1) is 7.29. The van der Waals surface area contributed by atoms with Gasteiger partial charge in [-0.1, -0.05) is 24.3 Å². The Balaban J connectivity index is 3.03. The van der Waals surface area contributed by atoms with Crippen LogP contribution in [0.5, 0.6) is 0 Å². The second kappa shape index (κ2) is 2.84. The van der Waals surface area contributed by atoms with Gasteiger partial charge < -0.3 is 5.73 Å². The number of nitrogens with two attached hydrogens (primary N) is 1. The molecule has 1 rings (SSSR count). The molecule has 0 fully saturated rings. The van der Waals surface area contributed by atoms with Crippen molar-refractivity contribution in [2.75, 3.05) is 0 Å². The smallest absolute Gasteiger partial charge is 0.0605 e. The molecule has 0 aromatic heterocycles. The normalized spacial score (nSPS) is 10.4. The molecule has 0 heterocycles. The maximum atomic E-state index is 5.63. The summed E-state index contributed by atoms with van der Waals surface area (Å²) in [6.45, 7) is 3.98. The van der Waals surface area contributed by atoms with Gasteiger partial charge in [-0.3, -0.25) is 0 Å². The van der Waals surface area contributed by atoms with Crippen molar-refractivity contribution in [2.45, 2.75) is 13.8 Å². The lowest BCUT2D eigenvalue weighted by molar-refractivity contribution is 1.07. The second-order valence-electron chi connectivity index (χ2n) is 2.50. The van der Waals surface area contributed by atoms with Gasteiger partial charge in [-0.25, -0.2) is 0 Å². The molecular weight excluding hydrogens is 122 g/mol. The highest BCUT2D eigenvalue weighted by Gasteiger charge is 2.00. The highest BCUT2D eigenvalue weighted by molar-refractivity contribution is 5.34. The first-order chi connectivity index (χ1) is 4.72. The average Bonchev–Trinajstić information content (AvgIpc) is 1.88. The van der Waals surface area contributed by atoms with Gasteiger partial charge in [0, 0.05) is 0 Å². The van der Waals surface area contributed by atoms with Crippen molar-refractivity contribution in [2.24, 2.45) is 5.73 Å². The molecule has 0 saturated carbocycles. The molecule has 53 valence electrons. The number of rotatable bonds is 1. The van der Waals surface area contributed by atoms with Gasteiger partial charge in [0.1, 0.15) is 0 Å². The average molecular weight is 134 g/mol. The van der Waals surface area contributed by atoms with Crippen LogP contribution in [0, 0.1) is 13.0 Å². The van der Waals surface area contributed by atoms with Crippen molar-refractivity contribution in [3.05, 3.63) is 41.4 Å². The molecule has 1 aromatic carbocycles. The van der Waals surface area contributed by atoms with Gasteiger partial charge in [0.2, 0.25) is 0 Å². The summed E-state index contributed by atoms with van der Waals surface area (Å²) in [6.07, 6.45) is 0. The summed E-state index contributed by atoms with van der Waals surface area (Å²) < 4.78 is 0. The fourth-order valence-corrected chi connectivity index (χ4v) is 1.02. The van der Waals surface area contributed by atoms with Gasteiger partial charge in [0.05, 0.1) is 6.04 Å². The van der Waals surface area contributed by atoms with E-state index in [1.54, 1.807) is 0 Å². The Labute approximate surface area is 61.9 Å². The molecule has 0 aliphatic rings. The predicted molar refractivity (Wildman–Crippen MR) is 43.4 cm³/mol. The number of benzene rings is 1. The van der Waals surface area contributed by atoms with E-state index >= 15 is 0 Å². The minimum absolute atomic E-state index is 0.887. The van der Waals surface area contributed by atoms with Gasteiger partial charge in [-0.15, -0.1) is 0 Å². The summed E-state index contributed by atoms with van der Waals surface area (Å²) >= 11 is 0. The summed E-state index contributed by atoms with van der Waals surface area (Å²) in [5, 5.41) is 0. The monoisotopic (exact) mass is 134 g/mol. The summed E-state index contributed by atoms with van der Waals surface area (Å²) in [7, 11) is 0. The Hall–Kier alpha value is -0.820. The van der Waals surface area contributed by atoms with Crippen LogP contribution < -0.4 is 5.73 Å². The van der Waals surface area contributed by atoms with Crippen molar-refractivity contribution >= 4 is 0 Å². The zero-order valence-electron chi connectivity index (χ0n) is 6.39. The number of hydrogen-bond donors (Lipinski definition) is 1. The quantitative estimate of drug-likeness (QED) is 0.623. The van der Waals surface area contributed by atoms with E-state index in [1.165, 1.54) is 5.56 Å². The Bertz CT molecular complexity index is 216. The lowest BCUT2D eigenvalue weighted by atomic mass is 10.0. The number of hydrogen-bond acceptors (Lipinski definition) is 1. The third-order valence-electron chi connectivity index (χ3n) is 1.57. The molecule has 0 spiro atoms. The summed E-state index contributed by atoms with van der Waals surface area (Å²) in [4.78, 5) is 0. The van der Waals surface area contributed by atoms with Gasteiger partial charge >= 0.3 is 0 Å². The van der Waals surface area contributed by atoms with E-state index in [2.05, 4.69) is 13.0 Å². The van der Waals surface area contributed by atoms with Gasteiger partial charge in [-0.05, 0) is 25.0 Å². The van der Waals surface area contributed by atoms with E-state index in [4.69, 9.17) is 5.73 Å². The van der Waals surface area contributed by atoms with E-state index in [9.17, 15) is 0 Å². The highest BCUT2D eigenvalue weighted by Crippen LogP contribution is 2.12. The molecule has 0 unspecified atom stereocenters. The molecule has 0 amide bonds. The van der Waals surface area contributed by atoms with Crippen LogP contribution in [0.3, 0.4) is 0 Å². The largest absolute Gasteiger partial charge is 0.320 e. The van der Waals surface area contributed by atoms with E-state index < -0.39 is 0 Å². The van der Waals surface area contributed by atoms with Crippen molar-refractivity contribution in [3.8, 4) is 0 Å². The van der Waals surface area contributed by atoms with E-state index in [1.807, 2.05) is 25.1 Å². The Morgan fingerprint density at radius 3 is 2.30 bits per heavy atom. The van der Waals surface area contributed by atoms with Crippen molar-refractivity contribution in [3.63, 3.8) is 0 Å². The summed E-state index contributed by atoms with van der Waals surface area (Å²) in [6, 6.07) is 9.00. The third-order valence-corrected chi connectivity index (χ3v) is 1.57. The molecule has 0 saturated heterocycles. The molecule has 10 heavy (non-hydrogen) atoms. The minimum Gasteiger partial charge on any atom is -0.320 e. The molecule has 1 heteroatoms. The Kier molecular flexibility index (Phi) is 2.07. The standard InChI is InChI=1S/C9H12N/c1-7-5-3-4-6-9(7)8(2)10/h3-6H,10H2,1-2H3. The third kappa shape index (κ3) is 1.36. The van der Waals surface area contributed by atoms with Crippen molar-refractivity contribution < 1.29 is 0 Å². The number of aryl methyl sites for hydroxylation is 1. The summed E-state index contributed by atoms with van der Waals surface area (Å²) in [5.74, 6) is 0. The Morgan fingerprint density at radius 2 is 1.90 bits per heavy atom. The molecule has 1 radical (unpaired) electrons. The molecule has 0 aliphatic carbocycles. The zero-order valence-corrected chi connectivity index (χ0v) is 6.39. The van der Waals surface area contributed by atoms with E-state index in [0.29, 0.717) is 0 Å². The SMILES string of the molecule is C[C](N)c1ccccc1C. The maximum Gasteiger partial charge on any atom is 0.0605 e. The lowest BCUT2D eigenvalue weighted by Crippen LogP contribution is -2.07. The first-order valence-corrected chi connectivity index (χ1v) is 3.37. The lowest BCUT2D eigenvalue weighted by Gasteiger charge is -2.06. The van der Waals surface area contributed by atoms with Crippen molar-refractivity contribution in [1.82, 2.24) is 0 Å². The molecular formula is C9H12N. The van der Waals surface area contributed by atoms with Crippen LogP contribution in [-0.4, -0.2) is 0 Å². The van der Waals surface area contributed by atoms with E-state index in [-0.39, 0.29) is 0 Å². The van der Waals surface area contributed by atoms with Gasteiger partial charge in [0.25, 0.3) is 0 Å². The van der Waals surface area contributed by atoms with Gasteiger partial charge in [0.15, 0.2) is 0 Å². The summed E-state index contributed by atoms with van der Waals surface area (Å²) in [5.41, 5.74) is 8.02. The van der Waals surface area contributed by atoms with Crippen LogP contribution in [0.25, 0.3) is 0 Å². The van der Waals surface area contributed by atoms with Crippen LogP contribution in [0.1, 0.15) is 18.1 Å². The second-order valence-corrected chi connectivity index (χ2v) is 2.50. The van der Waals surface area contributed by atoms with Crippen LogP contribution in [0.2, 0.25) is 0 Å². The van der Waals surface area contributed by atoms with Crippen molar-refractivity contribution in [1.29, 1.82) is 0 Å². The molecule has 0 aliphatic heterocycles. The van der Waals surface area contributed by atoms with Crippen LogP contribution >= 0.6 is 0 Å². The molecule has 1 nitrogen and oxygen atoms in total. The topological polar surface area (TPSA) is 26.0 Å². The fourth-order valence-electron chi connectivity index (χ4n) is 1.02. The molecule has 0 bridgehead atoms.